The summed E-state index contributed by atoms with van der Waals surface area (Å²) in [5.74, 6) is -3.33. The molecule has 1 atom stereocenters. The van der Waals surface area contributed by atoms with Gasteiger partial charge in [-0.25, -0.2) is 18.2 Å². The molecule has 9 heteroatoms. The molecule has 1 heterocycles. The molecule has 0 bridgehead atoms. The zero-order valence-electron chi connectivity index (χ0n) is 11.7. The van der Waals surface area contributed by atoms with E-state index in [9.17, 15) is 13.2 Å². The topological polar surface area (TPSA) is 83.3 Å². The lowest BCUT2D eigenvalue weighted by Crippen LogP contribution is -2.26. The SMILES string of the molecule is C#CC(CO)N=C(NO)c1cc(C2OCCO2)c(F)c(F)c1F. The van der Waals surface area contributed by atoms with Crippen molar-refractivity contribution in [3.8, 4) is 12.3 Å². The van der Waals surface area contributed by atoms with Gasteiger partial charge in [-0.3, -0.25) is 10.7 Å². The van der Waals surface area contributed by atoms with Crippen LogP contribution in [0.5, 0.6) is 0 Å². The number of amidine groups is 1. The Morgan fingerprint density at radius 2 is 2.00 bits per heavy atom. The average Bonchev–Trinajstić information content (AvgIpc) is 3.09. The van der Waals surface area contributed by atoms with Crippen LogP contribution in [-0.2, 0) is 9.47 Å². The second kappa shape index (κ2) is 7.43. The molecule has 6 nitrogen and oxygen atoms in total. The van der Waals surface area contributed by atoms with Gasteiger partial charge < -0.3 is 14.6 Å². The van der Waals surface area contributed by atoms with E-state index in [1.165, 1.54) is 0 Å². The maximum atomic E-state index is 14.0. The van der Waals surface area contributed by atoms with E-state index in [1.807, 2.05) is 0 Å². The average molecular weight is 330 g/mol. The van der Waals surface area contributed by atoms with Crippen LogP contribution >= 0.6 is 0 Å². The quantitative estimate of drug-likeness (QED) is 0.251. The monoisotopic (exact) mass is 330 g/mol. The second-order valence-electron chi connectivity index (χ2n) is 4.48. The highest BCUT2D eigenvalue weighted by molar-refractivity contribution is 5.98. The third-order valence-electron chi connectivity index (χ3n) is 3.06. The molecular formula is C14H13F3N2O4. The number of hydrogen-bond donors (Lipinski definition) is 3. The van der Waals surface area contributed by atoms with Crippen molar-refractivity contribution >= 4 is 5.84 Å². The number of nitrogens with zero attached hydrogens (tertiary/aromatic N) is 1. The molecule has 2 rings (SSSR count). The van der Waals surface area contributed by atoms with Crippen molar-refractivity contribution in [2.75, 3.05) is 19.8 Å². The van der Waals surface area contributed by atoms with E-state index < -0.39 is 47.8 Å². The number of hydroxylamine groups is 1. The van der Waals surface area contributed by atoms with Gasteiger partial charge >= 0.3 is 0 Å². The molecule has 1 aliphatic rings. The van der Waals surface area contributed by atoms with Crippen LogP contribution in [0, 0.1) is 29.8 Å². The summed E-state index contributed by atoms with van der Waals surface area (Å²) in [7, 11) is 0. The van der Waals surface area contributed by atoms with Gasteiger partial charge in [-0.1, -0.05) is 5.92 Å². The second-order valence-corrected chi connectivity index (χ2v) is 4.48. The van der Waals surface area contributed by atoms with Gasteiger partial charge in [0, 0.05) is 5.56 Å². The summed E-state index contributed by atoms with van der Waals surface area (Å²) >= 11 is 0. The molecule has 0 saturated carbocycles. The van der Waals surface area contributed by atoms with E-state index in [-0.39, 0.29) is 18.8 Å². The Hall–Kier alpha value is -2.12. The zero-order valence-corrected chi connectivity index (χ0v) is 11.7. The lowest BCUT2D eigenvalue weighted by Gasteiger charge is -2.15. The van der Waals surface area contributed by atoms with Crippen LogP contribution in [0.3, 0.4) is 0 Å². The van der Waals surface area contributed by atoms with Crippen LogP contribution in [0.2, 0.25) is 0 Å². The predicted octanol–water partition coefficient (Wildman–Crippen LogP) is 0.869. The number of aliphatic hydroxyl groups is 1. The molecule has 0 amide bonds. The molecule has 0 spiro atoms. The Morgan fingerprint density at radius 3 is 2.52 bits per heavy atom. The van der Waals surface area contributed by atoms with Gasteiger partial charge in [-0.2, -0.15) is 0 Å². The van der Waals surface area contributed by atoms with E-state index in [2.05, 4.69) is 10.9 Å². The molecule has 1 aromatic carbocycles. The number of ether oxygens (including phenoxy) is 2. The molecule has 1 unspecified atom stereocenters. The predicted molar refractivity (Wildman–Crippen MR) is 72.1 cm³/mol. The van der Waals surface area contributed by atoms with Crippen molar-refractivity contribution in [3.63, 3.8) is 0 Å². The molecule has 1 aromatic rings. The third-order valence-corrected chi connectivity index (χ3v) is 3.06. The molecule has 0 aromatic heterocycles. The molecule has 3 N–H and O–H groups in total. The van der Waals surface area contributed by atoms with Gasteiger partial charge in [0.25, 0.3) is 0 Å². The molecule has 23 heavy (non-hydrogen) atoms. The van der Waals surface area contributed by atoms with E-state index >= 15 is 0 Å². The lowest BCUT2D eigenvalue weighted by atomic mass is 10.1. The Labute approximate surface area is 129 Å². The molecule has 0 aliphatic carbocycles. The molecule has 1 saturated heterocycles. The van der Waals surface area contributed by atoms with Crippen molar-refractivity contribution in [2.24, 2.45) is 4.99 Å². The van der Waals surface area contributed by atoms with Crippen LogP contribution in [0.25, 0.3) is 0 Å². The smallest absolute Gasteiger partial charge is 0.195 e. The number of nitrogens with one attached hydrogen (secondary N) is 1. The van der Waals surface area contributed by atoms with Crippen LogP contribution in [0.15, 0.2) is 11.1 Å². The maximum Gasteiger partial charge on any atom is 0.195 e. The Balaban J connectivity index is 2.54. The number of hydrogen-bond acceptors (Lipinski definition) is 5. The Morgan fingerprint density at radius 1 is 1.35 bits per heavy atom. The first kappa shape index (κ1) is 17.2. The number of aliphatic hydroxyl groups excluding tert-OH is 1. The first-order valence-corrected chi connectivity index (χ1v) is 6.49. The van der Waals surface area contributed by atoms with Gasteiger partial charge in [-0.05, 0) is 6.07 Å². The van der Waals surface area contributed by atoms with Gasteiger partial charge in [0.1, 0.15) is 6.04 Å². The van der Waals surface area contributed by atoms with Crippen molar-refractivity contribution in [1.29, 1.82) is 0 Å². The Kier molecular flexibility index (Phi) is 5.57. The van der Waals surface area contributed by atoms with Gasteiger partial charge in [0.15, 0.2) is 29.6 Å². The first-order valence-electron chi connectivity index (χ1n) is 6.49. The van der Waals surface area contributed by atoms with Crippen LogP contribution in [0.4, 0.5) is 13.2 Å². The minimum absolute atomic E-state index is 0.168. The highest BCUT2D eigenvalue weighted by Gasteiger charge is 2.29. The number of benzene rings is 1. The fraction of sp³-hybridized carbons (Fsp3) is 0.357. The van der Waals surface area contributed by atoms with Crippen LogP contribution < -0.4 is 5.48 Å². The molecule has 0 radical (unpaired) electrons. The third kappa shape index (κ3) is 3.46. The number of halogens is 3. The van der Waals surface area contributed by atoms with Crippen molar-refractivity contribution in [2.45, 2.75) is 12.3 Å². The summed E-state index contributed by atoms with van der Waals surface area (Å²) in [6.07, 6.45) is 3.89. The van der Waals surface area contributed by atoms with E-state index in [4.69, 9.17) is 26.2 Å². The van der Waals surface area contributed by atoms with Crippen molar-refractivity contribution in [3.05, 3.63) is 34.6 Å². The first-order chi connectivity index (χ1) is 11.0. The largest absolute Gasteiger partial charge is 0.393 e. The standard InChI is InChI=1S/C14H13F3N2O4/c1-2-7(6-20)18-13(19-21)8-5-9(14-22-3-4-23-14)11(16)12(17)10(8)15/h1,5,7,14,20-21H,3-4,6H2,(H,18,19). The molecule has 1 aliphatic heterocycles. The van der Waals surface area contributed by atoms with Crippen LogP contribution in [0.1, 0.15) is 17.4 Å². The van der Waals surface area contributed by atoms with Gasteiger partial charge in [-0.15, -0.1) is 6.42 Å². The normalized spacial score (nSPS) is 17.1. The summed E-state index contributed by atoms with van der Waals surface area (Å²) in [5, 5.41) is 18.1. The fourth-order valence-electron chi connectivity index (χ4n) is 1.95. The summed E-state index contributed by atoms with van der Waals surface area (Å²) in [5.41, 5.74) is 0.578. The van der Waals surface area contributed by atoms with E-state index in [1.54, 1.807) is 5.48 Å². The van der Waals surface area contributed by atoms with Crippen molar-refractivity contribution < 1.29 is 33.0 Å². The minimum Gasteiger partial charge on any atom is -0.393 e. The van der Waals surface area contributed by atoms with E-state index in [0.29, 0.717) is 0 Å². The van der Waals surface area contributed by atoms with E-state index in [0.717, 1.165) is 6.07 Å². The van der Waals surface area contributed by atoms with Crippen molar-refractivity contribution in [1.82, 2.24) is 5.48 Å². The number of rotatable bonds is 4. The summed E-state index contributed by atoms with van der Waals surface area (Å²) in [6, 6.07) is -0.226. The number of aliphatic imine (C=N–C) groups is 1. The summed E-state index contributed by atoms with van der Waals surface area (Å²) < 4.78 is 51.8. The Bertz CT molecular complexity index is 654. The molecular weight excluding hydrogens is 317 g/mol. The minimum atomic E-state index is -1.78. The zero-order chi connectivity index (χ0) is 17.0. The summed E-state index contributed by atoms with van der Waals surface area (Å²) in [6.45, 7) is -0.253. The van der Waals surface area contributed by atoms with Crippen LogP contribution in [-0.4, -0.2) is 42.0 Å². The molecule has 124 valence electrons. The molecule has 1 fully saturated rings. The van der Waals surface area contributed by atoms with Gasteiger partial charge in [0.05, 0.1) is 25.4 Å². The highest BCUT2D eigenvalue weighted by atomic mass is 19.2. The van der Waals surface area contributed by atoms with Gasteiger partial charge in [0.2, 0.25) is 0 Å². The highest BCUT2D eigenvalue weighted by Crippen LogP contribution is 2.30. The maximum absolute atomic E-state index is 14.0. The fourth-order valence-corrected chi connectivity index (χ4v) is 1.95. The summed E-state index contributed by atoms with van der Waals surface area (Å²) in [4.78, 5) is 3.66. The lowest BCUT2D eigenvalue weighted by molar-refractivity contribution is -0.0469. The number of terminal acetylenes is 1.